The zero-order valence-corrected chi connectivity index (χ0v) is 16.4. The number of nitrogens with two attached hydrogens (primary N) is 1. The fraction of sp³-hybridized carbons (Fsp3) is 0.409. The molecule has 0 amide bonds. The molecule has 2 heterocycles. The molecular weight excluding hydrogens is 354 g/mol. The number of nitrogens with one attached hydrogen (secondary N) is 1. The third-order valence-electron chi connectivity index (χ3n) is 5.25. The number of para-hydroxylation sites is 1. The van der Waals surface area contributed by atoms with Crippen molar-refractivity contribution in [2.24, 2.45) is 10.7 Å². The summed E-state index contributed by atoms with van der Waals surface area (Å²) in [5, 5.41) is 3.35. The summed E-state index contributed by atoms with van der Waals surface area (Å²) >= 11 is 0. The summed E-state index contributed by atoms with van der Waals surface area (Å²) in [6, 6.07) is 14.3. The predicted octanol–water partition coefficient (Wildman–Crippen LogP) is 3.16. The van der Waals surface area contributed by atoms with Crippen LogP contribution in [0.1, 0.15) is 37.4 Å². The molecule has 2 aromatic carbocycles. The number of hydrogen-bond donors (Lipinski definition) is 2. The van der Waals surface area contributed by atoms with Gasteiger partial charge in [-0.05, 0) is 23.8 Å². The number of hydrogen-bond acceptors (Lipinski definition) is 4. The molecule has 4 rings (SSSR count). The molecular formula is C22H27N3O3. The van der Waals surface area contributed by atoms with Gasteiger partial charge < -0.3 is 25.3 Å². The summed E-state index contributed by atoms with van der Waals surface area (Å²) in [4.78, 5) is 4.62. The predicted molar refractivity (Wildman–Crippen MR) is 109 cm³/mol. The Labute approximate surface area is 165 Å². The molecule has 2 aromatic rings. The van der Waals surface area contributed by atoms with Crippen molar-refractivity contribution in [3.63, 3.8) is 0 Å². The van der Waals surface area contributed by atoms with E-state index in [9.17, 15) is 0 Å². The summed E-state index contributed by atoms with van der Waals surface area (Å²) in [6.07, 6.45) is 0.860. The van der Waals surface area contributed by atoms with Gasteiger partial charge in [0.25, 0.3) is 0 Å². The van der Waals surface area contributed by atoms with Crippen LogP contribution in [0.25, 0.3) is 0 Å². The Morgan fingerprint density at radius 3 is 2.64 bits per heavy atom. The van der Waals surface area contributed by atoms with Crippen LogP contribution < -0.4 is 25.3 Å². The lowest BCUT2D eigenvalue weighted by Gasteiger charge is -2.28. The molecule has 28 heavy (non-hydrogen) atoms. The maximum absolute atomic E-state index is 6.21. The number of fused-ring (bicyclic) bond motifs is 2. The highest BCUT2D eigenvalue weighted by molar-refractivity contribution is 5.78. The van der Waals surface area contributed by atoms with E-state index >= 15 is 0 Å². The van der Waals surface area contributed by atoms with Gasteiger partial charge in [0.15, 0.2) is 17.5 Å². The van der Waals surface area contributed by atoms with Gasteiger partial charge >= 0.3 is 0 Å². The highest BCUT2D eigenvalue weighted by Crippen LogP contribution is 2.35. The molecule has 2 aliphatic heterocycles. The number of ether oxygens (including phenoxy) is 3. The highest BCUT2D eigenvalue weighted by atomic mass is 16.6. The zero-order valence-electron chi connectivity index (χ0n) is 16.4. The quantitative estimate of drug-likeness (QED) is 0.628. The highest BCUT2D eigenvalue weighted by Gasteiger charge is 2.25. The normalized spacial score (nSPS) is 18.8. The van der Waals surface area contributed by atoms with Crippen molar-refractivity contribution in [3.05, 3.63) is 53.6 Å². The molecule has 0 radical (unpaired) electrons. The fourth-order valence-electron chi connectivity index (χ4n) is 3.55. The SMILES string of the molecule is CC(C)(CN=C(N)NC1CCOc2ccccc21)c1ccc2c(c1)OCCO2. The van der Waals surface area contributed by atoms with Crippen molar-refractivity contribution in [3.8, 4) is 17.2 Å². The fourth-order valence-corrected chi connectivity index (χ4v) is 3.55. The smallest absolute Gasteiger partial charge is 0.189 e. The van der Waals surface area contributed by atoms with Crippen molar-refractivity contribution in [1.82, 2.24) is 5.32 Å². The van der Waals surface area contributed by atoms with E-state index in [0.717, 1.165) is 34.8 Å². The molecule has 1 atom stereocenters. The molecule has 1 unspecified atom stereocenters. The first-order chi connectivity index (χ1) is 13.5. The molecule has 0 fully saturated rings. The van der Waals surface area contributed by atoms with Gasteiger partial charge in [0.05, 0.1) is 19.2 Å². The monoisotopic (exact) mass is 381 g/mol. The minimum Gasteiger partial charge on any atom is -0.493 e. The number of aliphatic imine (C=N–C) groups is 1. The van der Waals surface area contributed by atoms with Crippen LogP contribution in [0.4, 0.5) is 0 Å². The maximum atomic E-state index is 6.21. The maximum Gasteiger partial charge on any atom is 0.189 e. The van der Waals surface area contributed by atoms with Gasteiger partial charge in [-0.3, -0.25) is 4.99 Å². The average Bonchev–Trinajstić information content (AvgIpc) is 2.72. The molecule has 0 bridgehead atoms. The molecule has 0 saturated carbocycles. The van der Waals surface area contributed by atoms with E-state index in [-0.39, 0.29) is 11.5 Å². The van der Waals surface area contributed by atoms with E-state index in [1.807, 2.05) is 30.3 Å². The number of rotatable bonds is 4. The molecule has 0 aromatic heterocycles. The van der Waals surface area contributed by atoms with Crippen molar-refractivity contribution < 1.29 is 14.2 Å². The summed E-state index contributed by atoms with van der Waals surface area (Å²) in [7, 11) is 0. The number of benzene rings is 2. The molecule has 0 saturated heterocycles. The van der Waals surface area contributed by atoms with E-state index in [0.29, 0.717) is 32.3 Å². The lowest BCUT2D eigenvalue weighted by Crippen LogP contribution is -2.38. The van der Waals surface area contributed by atoms with Crippen LogP contribution >= 0.6 is 0 Å². The van der Waals surface area contributed by atoms with E-state index in [1.54, 1.807) is 0 Å². The molecule has 0 spiro atoms. The van der Waals surface area contributed by atoms with E-state index in [2.05, 4.69) is 36.3 Å². The zero-order chi connectivity index (χ0) is 19.6. The second kappa shape index (κ2) is 7.62. The Balaban J connectivity index is 1.44. The molecule has 148 valence electrons. The van der Waals surface area contributed by atoms with Crippen LogP contribution in [0, 0.1) is 0 Å². The van der Waals surface area contributed by atoms with Gasteiger partial charge in [-0.2, -0.15) is 0 Å². The van der Waals surface area contributed by atoms with Gasteiger partial charge in [0.2, 0.25) is 0 Å². The first kappa shape index (κ1) is 18.5. The Hall–Kier alpha value is -2.89. The van der Waals surface area contributed by atoms with Crippen LogP contribution in [0.15, 0.2) is 47.5 Å². The van der Waals surface area contributed by atoms with Crippen LogP contribution in [-0.4, -0.2) is 32.3 Å². The van der Waals surface area contributed by atoms with Gasteiger partial charge in [0, 0.05) is 17.4 Å². The summed E-state index contributed by atoms with van der Waals surface area (Å²) in [6.45, 7) is 6.72. The first-order valence-electron chi connectivity index (χ1n) is 9.71. The Bertz CT molecular complexity index is 879. The first-order valence-corrected chi connectivity index (χ1v) is 9.71. The summed E-state index contributed by atoms with van der Waals surface area (Å²) in [5.74, 6) is 2.96. The Kier molecular flexibility index (Phi) is 5.03. The van der Waals surface area contributed by atoms with Gasteiger partial charge in [-0.25, -0.2) is 0 Å². The van der Waals surface area contributed by atoms with Gasteiger partial charge in [0.1, 0.15) is 19.0 Å². The topological polar surface area (TPSA) is 78.1 Å². The van der Waals surface area contributed by atoms with Crippen LogP contribution in [0.3, 0.4) is 0 Å². The number of guanidine groups is 1. The Morgan fingerprint density at radius 2 is 1.79 bits per heavy atom. The minimum atomic E-state index is -0.185. The van der Waals surface area contributed by atoms with Crippen LogP contribution in [0.5, 0.6) is 17.2 Å². The van der Waals surface area contributed by atoms with E-state index in [1.165, 1.54) is 0 Å². The van der Waals surface area contributed by atoms with Crippen molar-refractivity contribution >= 4 is 5.96 Å². The van der Waals surface area contributed by atoms with Gasteiger partial charge in [-0.15, -0.1) is 0 Å². The summed E-state index contributed by atoms with van der Waals surface area (Å²) < 4.78 is 17.0. The average molecular weight is 381 g/mol. The van der Waals surface area contributed by atoms with Crippen molar-refractivity contribution in [2.45, 2.75) is 31.7 Å². The molecule has 3 N–H and O–H groups in total. The third-order valence-corrected chi connectivity index (χ3v) is 5.25. The largest absolute Gasteiger partial charge is 0.493 e. The Morgan fingerprint density at radius 1 is 1.04 bits per heavy atom. The van der Waals surface area contributed by atoms with Crippen LogP contribution in [-0.2, 0) is 5.41 Å². The van der Waals surface area contributed by atoms with Gasteiger partial charge in [-0.1, -0.05) is 38.1 Å². The molecule has 0 aliphatic carbocycles. The third kappa shape index (κ3) is 3.86. The van der Waals surface area contributed by atoms with E-state index < -0.39 is 0 Å². The molecule has 6 nitrogen and oxygen atoms in total. The lowest BCUT2D eigenvalue weighted by atomic mass is 9.84. The van der Waals surface area contributed by atoms with Crippen molar-refractivity contribution in [2.75, 3.05) is 26.4 Å². The van der Waals surface area contributed by atoms with Crippen molar-refractivity contribution in [1.29, 1.82) is 0 Å². The standard InChI is InChI=1S/C22H27N3O3/c1-22(2,15-7-8-19-20(13-15)28-12-11-27-19)14-24-21(23)25-17-9-10-26-18-6-4-3-5-16(17)18/h3-8,13,17H,9-12,14H2,1-2H3,(H3,23,24,25). The van der Waals surface area contributed by atoms with Crippen LogP contribution in [0.2, 0.25) is 0 Å². The molecule has 6 heteroatoms. The summed E-state index contributed by atoms with van der Waals surface area (Å²) in [5.41, 5.74) is 8.29. The lowest BCUT2D eigenvalue weighted by molar-refractivity contribution is 0.171. The number of nitrogens with zero attached hydrogens (tertiary/aromatic N) is 1. The molecule has 2 aliphatic rings. The second-order valence-corrected chi connectivity index (χ2v) is 7.82. The minimum absolute atomic E-state index is 0.117. The van der Waals surface area contributed by atoms with E-state index in [4.69, 9.17) is 19.9 Å². The second-order valence-electron chi connectivity index (χ2n) is 7.82.